The molecule has 20 heavy (non-hydrogen) atoms. The normalized spacial score (nSPS) is 40.5. The number of fused-ring (bicyclic) bond motifs is 1. The summed E-state index contributed by atoms with van der Waals surface area (Å²) < 4.78 is 43.8. The fourth-order valence-electron chi connectivity index (χ4n) is 5.06. The van der Waals surface area contributed by atoms with Gasteiger partial charge < -0.3 is 9.64 Å². The minimum absolute atomic E-state index is 0.0389. The summed E-state index contributed by atoms with van der Waals surface area (Å²) in [5.41, 5.74) is 2.55. The third kappa shape index (κ3) is 1.60. The Morgan fingerprint density at radius 2 is 2.35 bits per heavy atom. The molecule has 2 heteroatoms. The summed E-state index contributed by atoms with van der Waals surface area (Å²) in [6.07, 6.45) is 6.18. The van der Waals surface area contributed by atoms with Gasteiger partial charge in [-0.25, -0.2) is 0 Å². The zero-order valence-electron chi connectivity index (χ0n) is 16.8. The zero-order chi connectivity index (χ0) is 17.8. The van der Waals surface area contributed by atoms with Crippen LogP contribution in [0.25, 0.3) is 0 Å². The van der Waals surface area contributed by atoms with Gasteiger partial charge in [-0.3, -0.25) is 0 Å². The minimum Gasteiger partial charge on any atom is -0.497 e. The van der Waals surface area contributed by atoms with Gasteiger partial charge in [0.2, 0.25) is 0 Å². The molecular weight excluding hydrogens is 246 g/mol. The lowest BCUT2D eigenvalue weighted by atomic mass is 9.52. The van der Waals surface area contributed by atoms with Gasteiger partial charge >= 0.3 is 0 Å². The molecule has 0 spiro atoms. The van der Waals surface area contributed by atoms with Crippen molar-refractivity contribution in [3.8, 4) is 5.75 Å². The molecule has 2 fully saturated rings. The lowest BCUT2D eigenvalue weighted by Gasteiger charge is -2.58. The molecule has 1 heterocycles. The molecule has 1 aliphatic heterocycles. The highest BCUT2D eigenvalue weighted by atomic mass is 16.5. The molecule has 1 saturated carbocycles. The first-order valence-corrected chi connectivity index (χ1v) is 7.73. The number of nitrogens with zero attached hydrogens (tertiary/aromatic N) is 1. The predicted molar refractivity (Wildman–Crippen MR) is 81.4 cm³/mol. The maximum Gasteiger partial charge on any atom is 0.119 e. The van der Waals surface area contributed by atoms with E-state index < -0.39 is 14.0 Å². The second kappa shape index (κ2) is 4.49. The summed E-state index contributed by atoms with van der Waals surface area (Å²) >= 11 is 0. The van der Waals surface area contributed by atoms with Crippen LogP contribution < -0.4 is 4.74 Å². The number of rotatable bonds is 1. The second-order valence-electron chi connectivity index (χ2n) is 6.66. The van der Waals surface area contributed by atoms with E-state index in [2.05, 4.69) is 0 Å². The molecule has 0 radical (unpaired) electrons. The van der Waals surface area contributed by atoms with E-state index in [1.807, 2.05) is 18.2 Å². The summed E-state index contributed by atoms with van der Waals surface area (Å²) in [5, 5.41) is 0. The molecule has 0 amide bonds. The van der Waals surface area contributed by atoms with Gasteiger partial charge in [-0.05, 0) is 68.4 Å². The van der Waals surface area contributed by atoms with E-state index >= 15 is 0 Å². The van der Waals surface area contributed by atoms with Crippen LogP contribution in [0.5, 0.6) is 5.75 Å². The number of piperidine rings is 1. The van der Waals surface area contributed by atoms with Crippen LogP contribution in [0, 0.1) is 5.92 Å². The largest absolute Gasteiger partial charge is 0.497 e. The first-order valence-electron chi connectivity index (χ1n) is 10.4. The summed E-state index contributed by atoms with van der Waals surface area (Å²) in [7, 11) is -1.33. The van der Waals surface area contributed by atoms with Gasteiger partial charge in [-0.15, -0.1) is 0 Å². The van der Waals surface area contributed by atoms with Crippen molar-refractivity contribution >= 4 is 0 Å². The molecule has 1 saturated heterocycles. The Balaban J connectivity index is 1.79. The van der Waals surface area contributed by atoms with Crippen molar-refractivity contribution in [1.29, 1.82) is 0 Å². The Kier molecular flexibility index (Phi) is 1.89. The van der Waals surface area contributed by atoms with Gasteiger partial charge in [0.1, 0.15) is 5.75 Å². The van der Waals surface area contributed by atoms with Crippen molar-refractivity contribution in [2.45, 2.75) is 50.0 Å². The van der Waals surface area contributed by atoms with Crippen LogP contribution in [0.3, 0.4) is 0 Å². The first-order chi connectivity index (χ1) is 11.8. The van der Waals surface area contributed by atoms with E-state index in [0.717, 1.165) is 25.7 Å². The number of likely N-dealkylation sites (tertiary alicyclic amines) is 1. The summed E-state index contributed by atoms with van der Waals surface area (Å²) in [6, 6.07) is 5.96. The molecule has 108 valence electrons. The molecule has 2 nitrogen and oxygen atoms in total. The summed E-state index contributed by atoms with van der Waals surface area (Å²) in [6.45, 7) is -1.42. The van der Waals surface area contributed by atoms with Crippen LogP contribution in [0.1, 0.15) is 50.1 Å². The van der Waals surface area contributed by atoms with Crippen LogP contribution in [0.2, 0.25) is 0 Å². The maximum atomic E-state index is 7.95. The standard InChI is InChI=1S/C18H25NO/c1-19-10-9-18-8-4-3-5-15(18)17(19)11-13-6-7-14(20-2)12-16(13)18/h6-7,12,15,17H,3-5,8-11H2,1-2H3/t15?,17-,18-/m1/s1/i1D3,2D2. The topological polar surface area (TPSA) is 12.5 Å². The molecule has 1 aromatic rings. The molecule has 3 atom stereocenters. The maximum absolute atomic E-state index is 7.95. The molecule has 2 bridgehead atoms. The van der Waals surface area contributed by atoms with Crippen LogP contribution in [-0.4, -0.2) is 31.5 Å². The Labute approximate surface area is 129 Å². The highest BCUT2D eigenvalue weighted by molar-refractivity contribution is 5.45. The monoisotopic (exact) mass is 276 g/mol. The fourth-order valence-corrected chi connectivity index (χ4v) is 5.06. The smallest absolute Gasteiger partial charge is 0.119 e. The number of hydrogen-bond donors (Lipinski definition) is 0. The second-order valence-corrected chi connectivity index (χ2v) is 6.66. The Morgan fingerprint density at radius 3 is 3.25 bits per heavy atom. The molecular formula is C18H25NO. The van der Waals surface area contributed by atoms with Gasteiger partial charge in [-0.1, -0.05) is 18.9 Å². The fraction of sp³-hybridized carbons (Fsp3) is 0.667. The van der Waals surface area contributed by atoms with E-state index in [4.69, 9.17) is 11.6 Å². The Bertz CT molecular complexity index is 661. The van der Waals surface area contributed by atoms with Crippen molar-refractivity contribution in [3.05, 3.63) is 29.3 Å². The number of hydrogen-bond acceptors (Lipinski definition) is 2. The van der Waals surface area contributed by atoms with Gasteiger partial charge in [0, 0.05) is 15.6 Å². The third-order valence-electron chi connectivity index (χ3n) is 5.94. The molecule has 1 aromatic carbocycles. The lowest BCUT2D eigenvalue weighted by Crippen LogP contribution is -2.59. The van der Waals surface area contributed by atoms with Crippen LogP contribution in [0.15, 0.2) is 18.2 Å². The molecule has 0 N–H and O–H groups in total. The lowest BCUT2D eigenvalue weighted by molar-refractivity contribution is 0.00274. The summed E-state index contributed by atoms with van der Waals surface area (Å²) in [4.78, 5) is 1.76. The number of benzene rings is 1. The molecule has 3 aliphatic rings. The number of ether oxygens (including phenoxy) is 1. The van der Waals surface area contributed by atoms with E-state index in [1.165, 1.54) is 24.0 Å². The third-order valence-corrected chi connectivity index (χ3v) is 5.94. The van der Waals surface area contributed by atoms with E-state index in [0.29, 0.717) is 18.2 Å². The van der Waals surface area contributed by atoms with Crippen molar-refractivity contribution < 1.29 is 11.6 Å². The van der Waals surface area contributed by atoms with Gasteiger partial charge in [0.05, 0.1) is 9.80 Å². The minimum atomic E-state index is -2.03. The Morgan fingerprint density at radius 1 is 1.35 bits per heavy atom. The summed E-state index contributed by atoms with van der Waals surface area (Å²) in [5.74, 6) is 0.963. The van der Waals surface area contributed by atoms with Crippen LogP contribution in [0.4, 0.5) is 0 Å². The van der Waals surface area contributed by atoms with Gasteiger partial charge in [0.15, 0.2) is 0 Å². The van der Waals surface area contributed by atoms with Crippen molar-refractivity contribution in [3.63, 3.8) is 0 Å². The zero-order valence-corrected chi connectivity index (χ0v) is 11.8. The van der Waals surface area contributed by atoms with E-state index in [-0.39, 0.29) is 11.5 Å². The van der Waals surface area contributed by atoms with Crippen molar-refractivity contribution in [1.82, 2.24) is 4.90 Å². The number of likely N-dealkylation sites (N-methyl/N-ethyl adjacent to an activating group) is 1. The Hall–Kier alpha value is -1.02. The molecule has 1 unspecified atom stereocenters. The predicted octanol–water partition coefficient (Wildman–Crippen LogP) is 3.38. The highest BCUT2D eigenvalue weighted by Gasteiger charge is 2.53. The molecule has 4 rings (SSSR count). The first kappa shape index (κ1) is 8.43. The van der Waals surface area contributed by atoms with E-state index in [1.54, 1.807) is 4.90 Å². The van der Waals surface area contributed by atoms with Crippen molar-refractivity contribution in [2.75, 3.05) is 20.6 Å². The molecule has 0 aromatic heterocycles. The molecule has 2 aliphatic carbocycles. The average Bonchev–Trinajstić information content (AvgIpc) is 2.54. The van der Waals surface area contributed by atoms with Crippen LogP contribution >= 0.6 is 0 Å². The van der Waals surface area contributed by atoms with Gasteiger partial charge in [0.25, 0.3) is 0 Å². The SMILES string of the molecule is [2H]C([2H])Oc1ccc2c(c1)[C@@]13CCCCC1[C@@H](C2)N(C([2H])([2H])[2H])CC3. The average molecular weight is 276 g/mol. The highest BCUT2D eigenvalue weighted by Crippen LogP contribution is 2.55. The van der Waals surface area contributed by atoms with Crippen molar-refractivity contribution in [2.24, 2.45) is 5.92 Å². The van der Waals surface area contributed by atoms with Crippen LogP contribution in [-0.2, 0) is 11.8 Å². The van der Waals surface area contributed by atoms with E-state index in [9.17, 15) is 0 Å². The quantitative estimate of drug-likeness (QED) is 0.779. The number of methoxy groups -OCH3 is 1. The van der Waals surface area contributed by atoms with Gasteiger partial charge in [-0.2, -0.15) is 0 Å².